The number of piperazine rings is 1. The molecule has 27 heavy (non-hydrogen) atoms. The molecule has 0 aliphatic carbocycles. The molecule has 1 aliphatic heterocycles. The molecular formula is C19H28N6O2. The van der Waals surface area contributed by atoms with Gasteiger partial charge in [0.05, 0.1) is 6.61 Å². The highest BCUT2D eigenvalue weighted by Crippen LogP contribution is 2.23. The minimum absolute atomic E-state index is 0.145. The second-order valence-electron chi connectivity index (χ2n) is 6.67. The third-order valence-corrected chi connectivity index (χ3v) is 4.76. The number of anilines is 3. The fourth-order valence-corrected chi connectivity index (χ4v) is 3.46. The molecule has 2 aromatic rings. The smallest absolute Gasteiger partial charge is 0.223 e. The first-order valence-corrected chi connectivity index (χ1v) is 9.30. The SMILES string of the molecule is CCOc1ccc(CN2CCN(c3cc(N)nc(N)n3)C[C@@H]2CCO)cc1. The number of nitrogens with two attached hydrogens (primary N) is 2. The van der Waals surface area contributed by atoms with Crippen molar-refractivity contribution >= 4 is 17.6 Å². The second kappa shape index (κ2) is 8.88. The van der Waals surface area contributed by atoms with Crippen LogP contribution in [0.5, 0.6) is 5.75 Å². The van der Waals surface area contributed by atoms with E-state index >= 15 is 0 Å². The molecule has 0 unspecified atom stereocenters. The van der Waals surface area contributed by atoms with E-state index in [-0.39, 0.29) is 18.6 Å². The van der Waals surface area contributed by atoms with Crippen molar-refractivity contribution in [1.29, 1.82) is 0 Å². The van der Waals surface area contributed by atoms with Crippen LogP contribution in [0.3, 0.4) is 0 Å². The highest BCUT2D eigenvalue weighted by Gasteiger charge is 2.27. The van der Waals surface area contributed by atoms with E-state index in [9.17, 15) is 5.11 Å². The van der Waals surface area contributed by atoms with Crippen molar-refractivity contribution < 1.29 is 9.84 Å². The molecule has 1 aliphatic rings. The highest BCUT2D eigenvalue weighted by atomic mass is 16.5. The Balaban J connectivity index is 1.68. The molecule has 0 radical (unpaired) electrons. The van der Waals surface area contributed by atoms with Crippen molar-refractivity contribution in [3.8, 4) is 5.75 Å². The topological polar surface area (TPSA) is 114 Å². The van der Waals surface area contributed by atoms with Crippen LogP contribution in [0.25, 0.3) is 0 Å². The summed E-state index contributed by atoms with van der Waals surface area (Å²) in [6.45, 7) is 6.05. The summed E-state index contributed by atoms with van der Waals surface area (Å²) in [4.78, 5) is 12.8. The monoisotopic (exact) mass is 372 g/mol. The predicted molar refractivity (Wildman–Crippen MR) is 107 cm³/mol. The van der Waals surface area contributed by atoms with Crippen LogP contribution in [-0.4, -0.2) is 58.9 Å². The van der Waals surface area contributed by atoms with Crippen molar-refractivity contribution in [2.24, 2.45) is 0 Å². The molecule has 8 heteroatoms. The fraction of sp³-hybridized carbons (Fsp3) is 0.474. The molecule has 1 aromatic heterocycles. The summed E-state index contributed by atoms with van der Waals surface area (Å²) < 4.78 is 5.51. The van der Waals surface area contributed by atoms with Crippen LogP contribution in [0.15, 0.2) is 30.3 Å². The van der Waals surface area contributed by atoms with Gasteiger partial charge in [0, 0.05) is 44.9 Å². The Kier molecular flexibility index (Phi) is 6.31. The van der Waals surface area contributed by atoms with Gasteiger partial charge in [0.25, 0.3) is 0 Å². The normalized spacial score (nSPS) is 17.9. The van der Waals surface area contributed by atoms with Gasteiger partial charge in [0.15, 0.2) is 0 Å². The van der Waals surface area contributed by atoms with Crippen molar-refractivity contribution in [2.75, 3.05) is 49.2 Å². The predicted octanol–water partition coefficient (Wildman–Crippen LogP) is 1.11. The Labute approximate surface area is 159 Å². The van der Waals surface area contributed by atoms with Gasteiger partial charge in [-0.3, -0.25) is 4.90 Å². The molecule has 0 saturated carbocycles. The van der Waals surface area contributed by atoms with Crippen LogP contribution in [0.1, 0.15) is 18.9 Å². The molecule has 1 fully saturated rings. The maximum Gasteiger partial charge on any atom is 0.223 e. The minimum atomic E-state index is 0.145. The number of benzene rings is 1. The lowest BCUT2D eigenvalue weighted by Gasteiger charge is -2.42. The van der Waals surface area contributed by atoms with Crippen LogP contribution >= 0.6 is 0 Å². The number of aromatic nitrogens is 2. The number of hydrogen-bond acceptors (Lipinski definition) is 8. The number of hydrogen-bond donors (Lipinski definition) is 3. The maximum absolute atomic E-state index is 9.52. The maximum atomic E-state index is 9.52. The summed E-state index contributed by atoms with van der Waals surface area (Å²) >= 11 is 0. The molecule has 3 rings (SSSR count). The number of nitrogen functional groups attached to an aromatic ring is 2. The van der Waals surface area contributed by atoms with Gasteiger partial charge in [0.2, 0.25) is 5.95 Å². The van der Waals surface area contributed by atoms with E-state index in [2.05, 4.69) is 31.9 Å². The summed E-state index contributed by atoms with van der Waals surface area (Å²) in [5.74, 6) is 2.18. The first-order chi connectivity index (χ1) is 13.1. The zero-order valence-corrected chi connectivity index (χ0v) is 15.7. The molecule has 0 bridgehead atoms. The van der Waals surface area contributed by atoms with Crippen LogP contribution in [0, 0.1) is 0 Å². The standard InChI is InChI=1S/C19H28N6O2/c1-2-27-16-5-3-14(4-6-16)12-24-8-9-25(13-15(24)7-10-26)18-11-17(20)22-19(21)23-18/h3-6,11,15,26H,2,7-10,12-13H2,1H3,(H4,20,21,22,23)/t15-/m0/s1. The molecule has 0 amide bonds. The lowest BCUT2D eigenvalue weighted by molar-refractivity contribution is 0.135. The third kappa shape index (κ3) is 4.99. The van der Waals surface area contributed by atoms with Gasteiger partial charge in [-0.15, -0.1) is 0 Å². The Bertz CT molecular complexity index is 719. The summed E-state index contributed by atoms with van der Waals surface area (Å²) in [5, 5.41) is 9.52. The molecule has 1 atom stereocenters. The Morgan fingerprint density at radius 2 is 1.96 bits per heavy atom. The van der Waals surface area contributed by atoms with Gasteiger partial charge in [-0.25, -0.2) is 0 Å². The first kappa shape index (κ1) is 19.2. The lowest BCUT2D eigenvalue weighted by Crippen LogP contribution is -2.53. The van der Waals surface area contributed by atoms with Gasteiger partial charge in [0.1, 0.15) is 17.4 Å². The summed E-state index contributed by atoms with van der Waals surface area (Å²) in [6, 6.07) is 10.2. The summed E-state index contributed by atoms with van der Waals surface area (Å²) in [6.07, 6.45) is 0.698. The first-order valence-electron chi connectivity index (χ1n) is 9.30. The van der Waals surface area contributed by atoms with Gasteiger partial charge in [-0.1, -0.05) is 12.1 Å². The van der Waals surface area contributed by atoms with Crippen LogP contribution in [-0.2, 0) is 6.54 Å². The number of rotatable bonds is 7. The van der Waals surface area contributed by atoms with E-state index in [1.807, 2.05) is 19.1 Å². The number of ether oxygens (including phenoxy) is 1. The van der Waals surface area contributed by atoms with E-state index in [0.717, 1.165) is 37.7 Å². The molecule has 2 heterocycles. The van der Waals surface area contributed by atoms with Crippen molar-refractivity contribution in [3.63, 3.8) is 0 Å². The highest BCUT2D eigenvalue weighted by molar-refractivity contribution is 5.50. The summed E-state index contributed by atoms with van der Waals surface area (Å²) in [7, 11) is 0. The van der Waals surface area contributed by atoms with Crippen LogP contribution in [0.2, 0.25) is 0 Å². The molecule has 1 saturated heterocycles. The van der Waals surface area contributed by atoms with Gasteiger partial charge in [-0.05, 0) is 31.0 Å². The number of aliphatic hydroxyl groups is 1. The molecule has 8 nitrogen and oxygen atoms in total. The summed E-state index contributed by atoms with van der Waals surface area (Å²) in [5.41, 5.74) is 12.8. The average Bonchev–Trinajstić information content (AvgIpc) is 2.64. The van der Waals surface area contributed by atoms with E-state index in [1.54, 1.807) is 6.07 Å². The van der Waals surface area contributed by atoms with Gasteiger partial charge < -0.3 is 26.2 Å². The van der Waals surface area contributed by atoms with Gasteiger partial charge in [-0.2, -0.15) is 9.97 Å². The quantitative estimate of drug-likeness (QED) is 0.662. The Morgan fingerprint density at radius 1 is 1.19 bits per heavy atom. The van der Waals surface area contributed by atoms with E-state index < -0.39 is 0 Å². The van der Waals surface area contributed by atoms with Crippen molar-refractivity contribution in [1.82, 2.24) is 14.9 Å². The second-order valence-corrected chi connectivity index (χ2v) is 6.67. The zero-order chi connectivity index (χ0) is 19.2. The zero-order valence-electron chi connectivity index (χ0n) is 15.7. The van der Waals surface area contributed by atoms with Crippen LogP contribution in [0.4, 0.5) is 17.6 Å². The number of nitrogens with zero attached hydrogens (tertiary/aromatic N) is 4. The molecular weight excluding hydrogens is 344 g/mol. The lowest BCUT2D eigenvalue weighted by atomic mass is 10.1. The van der Waals surface area contributed by atoms with Crippen LogP contribution < -0.4 is 21.1 Å². The van der Waals surface area contributed by atoms with E-state index in [4.69, 9.17) is 16.2 Å². The van der Waals surface area contributed by atoms with Crippen molar-refractivity contribution in [2.45, 2.75) is 25.9 Å². The van der Waals surface area contributed by atoms with E-state index in [1.165, 1.54) is 5.56 Å². The Morgan fingerprint density at radius 3 is 2.63 bits per heavy atom. The van der Waals surface area contributed by atoms with Crippen molar-refractivity contribution in [3.05, 3.63) is 35.9 Å². The molecule has 5 N–H and O–H groups in total. The fourth-order valence-electron chi connectivity index (χ4n) is 3.46. The average molecular weight is 372 g/mol. The molecule has 146 valence electrons. The number of aliphatic hydroxyl groups excluding tert-OH is 1. The minimum Gasteiger partial charge on any atom is -0.494 e. The largest absolute Gasteiger partial charge is 0.494 e. The Hall–Kier alpha value is -2.58. The van der Waals surface area contributed by atoms with E-state index in [0.29, 0.717) is 18.8 Å². The third-order valence-electron chi connectivity index (χ3n) is 4.76. The molecule has 1 aromatic carbocycles. The molecule has 0 spiro atoms. The van der Waals surface area contributed by atoms with Gasteiger partial charge >= 0.3 is 0 Å².